The van der Waals surface area contributed by atoms with E-state index in [1.807, 2.05) is 0 Å². The van der Waals surface area contributed by atoms with E-state index in [0.29, 0.717) is 18.0 Å². The van der Waals surface area contributed by atoms with Gasteiger partial charge in [0.05, 0.1) is 6.54 Å². The van der Waals surface area contributed by atoms with Gasteiger partial charge in [-0.1, -0.05) is 6.07 Å². The minimum absolute atomic E-state index is 0.0271. The van der Waals surface area contributed by atoms with E-state index in [4.69, 9.17) is 10.5 Å². The van der Waals surface area contributed by atoms with Crippen LogP contribution in [0.25, 0.3) is 0 Å². The number of amides is 1. The third-order valence-corrected chi connectivity index (χ3v) is 2.59. The van der Waals surface area contributed by atoms with Gasteiger partial charge in [-0.15, -0.1) is 0 Å². The molecule has 0 aliphatic heterocycles. The first kappa shape index (κ1) is 12.9. The Kier molecular flexibility index (Phi) is 4.02. The van der Waals surface area contributed by atoms with E-state index in [1.54, 1.807) is 48.6 Å². The third kappa shape index (κ3) is 3.74. The Morgan fingerprint density at radius 3 is 3.05 bits per heavy atom. The monoisotopic (exact) mass is 260 g/mol. The number of likely N-dealkylation sites (N-methyl/N-ethyl adjacent to an activating group) is 1. The quantitative estimate of drug-likeness (QED) is 0.786. The highest BCUT2D eigenvalue weighted by molar-refractivity contribution is 5.77. The maximum atomic E-state index is 11.9. The number of nitrogens with zero attached hydrogens (tertiary/aromatic N) is 2. The van der Waals surface area contributed by atoms with Crippen molar-refractivity contribution >= 4 is 11.6 Å². The van der Waals surface area contributed by atoms with E-state index in [1.165, 1.54) is 0 Å². The molecule has 0 radical (unpaired) electrons. The first-order valence-corrected chi connectivity index (χ1v) is 5.85. The Labute approximate surface area is 111 Å². The van der Waals surface area contributed by atoms with Crippen LogP contribution in [0.15, 0.2) is 36.7 Å². The van der Waals surface area contributed by atoms with Gasteiger partial charge in [-0.25, -0.2) is 4.98 Å². The van der Waals surface area contributed by atoms with E-state index in [0.717, 1.165) is 5.82 Å². The maximum Gasteiger partial charge on any atom is 0.260 e. The van der Waals surface area contributed by atoms with Crippen LogP contribution in [-0.4, -0.2) is 34.4 Å². The van der Waals surface area contributed by atoms with Gasteiger partial charge in [0.2, 0.25) is 0 Å². The number of carbonyl (C=O) groups is 1. The van der Waals surface area contributed by atoms with Gasteiger partial charge in [0.25, 0.3) is 5.91 Å². The molecular weight excluding hydrogens is 244 g/mol. The molecule has 6 heteroatoms. The normalized spacial score (nSPS) is 10.2. The number of imidazole rings is 1. The summed E-state index contributed by atoms with van der Waals surface area (Å²) in [4.78, 5) is 20.4. The van der Waals surface area contributed by atoms with Crippen molar-refractivity contribution in [3.05, 3.63) is 42.5 Å². The lowest BCUT2D eigenvalue weighted by molar-refractivity contribution is -0.132. The lowest BCUT2D eigenvalue weighted by Crippen LogP contribution is -2.31. The van der Waals surface area contributed by atoms with Crippen LogP contribution in [0.5, 0.6) is 5.75 Å². The lowest BCUT2D eigenvalue weighted by atomic mass is 10.3. The minimum Gasteiger partial charge on any atom is -0.484 e. The summed E-state index contributed by atoms with van der Waals surface area (Å²) in [6, 6.07) is 6.98. The Morgan fingerprint density at radius 2 is 2.37 bits per heavy atom. The summed E-state index contributed by atoms with van der Waals surface area (Å²) in [5.74, 6) is 1.19. The number of ether oxygens (including phenoxy) is 1. The summed E-state index contributed by atoms with van der Waals surface area (Å²) in [5, 5.41) is 0. The molecule has 100 valence electrons. The van der Waals surface area contributed by atoms with Gasteiger partial charge in [-0.3, -0.25) is 4.79 Å². The fourth-order valence-electron chi connectivity index (χ4n) is 1.56. The maximum absolute atomic E-state index is 11.9. The molecule has 1 aromatic carbocycles. The molecule has 0 bridgehead atoms. The van der Waals surface area contributed by atoms with E-state index in [-0.39, 0.29) is 12.5 Å². The van der Waals surface area contributed by atoms with Gasteiger partial charge >= 0.3 is 0 Å². The number of anilines is 1. The molecule has 0 saturated heterocycles. The van der Waals surface area contributed by atoms with Crippen molar-refractivity contribution in [2.24, 2.45) is 0 Å². The van der Waals surface area contributed by atoms with Crippen LogP contribution in [0.4, 0.5) is 5.69 Å². The number of nitrogens with two attached hydrogens (primary N) is 1. The Hall–Kier alpha value is -2.50. The van der Waals surface area contributed by atoms with Crippen LogP contribution >= 0.6 is 0 Å². The third-order valence-electron chi connectivity index (χ3n) is 2.59. The second-order valence-corrected chi connectivity index (χ2v) is 4.15. The van der Waals surface area contributed by atoms with Crippen molar-refractivity contribution in [2.45, 2.75) is 6.54 Å². The highest BCUT2D eigenvalue weighted by Crippen LogP contribution is 2.14. The summed E-state index contributed by atoms with van der Waals surface area (Å²) in [7, 11) is 1.70. The molecule has 2 rings (SSSR count). The molecule has 0 atom stereocenters. The first-order valence-electron chi connectivity index (χ1n) is 5.85. The summed E-state index contributed by atoms with van der Waals surface area (Å²) in [6.07, 6.45) is 3.37. The van der Waals surface area contributed by atoms with Gasteiger partial charge in [0, 0.05) is 31.2 Å². The summed E-state index contributed by atoms with van der Waals surface area (Å²) < 4.78 is 5.39. The van der Waals surface area contributed by atoms with Crippen LogP contribution in [0.3, 0.4) is 0 Å². The minimum atomic E-state index is -0.126. The molecule has 0 unspecified atom stereocenters. The standard InChI is InChI=1S/C13H16N4O2/c1-17(8-12-15-5-6-16-12)13(18)9-19-11-4-2-3-10(14)7-11/h2-7H,8-9,14H2,1H3,(H,15,16). The molecule has 2 aromatic rings. The van der Waals surface area contributed by atoms with Gasteiger partial charge in [0.1, 0.15) is 11.6 Å². The molecule has 0 aliphatic rings. The average Bonchev–Trinajstić information content (AvgIpc) is 2.89. The fraction of sp³-hybridized carbons (Fsp3) is 0.231. The van der Waals surface area contributed by atoms with Crippen LogP contribution in [0, 0.1) is 0 Å². The summed E-state index contributed by atoms with van der Waals surface area (Å²) >= 11 is 0. The molecule has 0 saturated carbocycles. The molecule has 19 heavy (non-hydrogen) atoms. The summed E-state index contributed by atoms with van der Waals surface area (Å²) in [6.45, 7) is 0.396. The number of hydrogen-bond acceptors (Lipinski definition) is 4. The molecule has 0 aliphatic carbocycles. The number of hydrogen-bond donors (Lipinski definition) is 2. The van der Waals surface area contributed by atoms with Crippen molar-refractivity contribution < 1.29 is 9.53 Å². The van der Waals surface area contributed by atoms with Crippen molar-refractivity contribution in [3.8, 4) is 5.75 Å². The Bertz CT molecular complexity index is 539. The molecule has 6 nitrogen and oxygen atoms in total. The average molecular weight is 260 g/mol. The topological polar surface area (TPSA) is 84.2 Å². The van der Waals surface area contributed by atoms with E-state index in [2.05, 4.69) is 9.97 Å². The number of aromatic amines is 1. The molecule has 0 fully saturated rings. The van der Waals surface area contributed by atoms with Gasteiger partial charge < -0.3 is 20.4 Å². The van der Waals surface area contributed by atoms with Crippen LogP contribution < -0.4 is 10.5 Å². The van der Waals surface area contributed by atoms with E-state index < -0.39 is 0 Å². The number of H-pyrrole nitrogens is 1. The van der Waals surface area contributed by atoms with Crippen LogP contribution in [-0.2, 0) is 11.3 Å². The molecule has 1 amide bonds. The number of nitrogens with one attached hydrogen (secondary N) is 1. The number of aromatic nitrogens is 2. The van der Waals surface area contributed by atoms with Crippen molar-refractivity contribution in [2.75, 3.05) is 19.4 Å². The smallest absolute Gasteiger partial charge is 0.260 e. The number of benzene rings is 1. The van der Waals surface area contributed by atoms with Crippen LogP contribution in [0.1, 0.15) is 5.82 Å². The predicted octanol–water partition coefficient (Wildman–Crippen LogP) is 1.03. The molecule has 1 heterocycles. The molecule has 3 N–H and O–H groups in total. The summed E-state index contributed by atoms with van der Waals surface area (Å²) in [5.41, 5.74) is 6.23. The van der Waals surface area contributed by atoms with E-state index in [9.17, 15) is 4.79 Å². The van der Waals surface area contributed by atoms with Gasteiger partial charge in [-0.2, -0.15) is 0 Å². The highest BCUT2D eigenvalue weighted by Gasteiger charge is 2.11. The number of carbonyl (C=O) groups excluding carboxylic acids is 1. The molecule has 0 spiro atoms. The second kappa shape index (κ2) is 5.90. The van der Waals surface area contributed by atoms with Crippen molar-refractivity contribution in [1.29, 1.82) is 0 Å². The Morgan fingerprint density at radius 1 is 1.53 bits per heavy atom. The number of rotatable bonds is 5. The molecule has 1 aromatic heterocycles. The SMILES string of the molecule is CN(Cc1ncc[nH]1)C(=O)COc1cccc(N)c1. The van der Waals surface area contributed by atoms with Gasteiger partial charge in [-0.05, 0) is 12.1 Å². The zero-order valence-corrected chi connectivity index (χ0v) is 10.7. The second-order valence-electron chi connectivity index (χ2n) is 4.15. The largest absolute Gasteiger partial charge is 0.484 e. The zero-order valence-electron chi connectivity index (χ0n) is 10.7. The van der Waals surface area contributed by atoms with Gasteiger partial charge in [0.15, 0.2) is 6.61 Å². The van der Waals surface area contributed by atoms with Crippen molar-refractivity contribution in [1.82, 2.24) is 14.9 Å². The molecular formula is C13H16N4O2. The fourth-order valence-corrected chi connectivity index (χ4v) is 1.56. The van der Waals surface area contributed by atoms with Crippen LogP contribution in [0.2, 0.25) is 0 Å². The Balaban J connectivity index is 1.84. The number of nitrogen functional groups attached to an aromatic ring is 1. The first-order chi connectivity index (χ1) is 9.15. The lowest BCUT2D eigenvalue weighted by Gasteiger charge is -2.16. The van der Waals surface area contributed by atoms with Crippen molar-refractivity contribution in [3.63, 3.8) is 0 Å². The predicted molar refractivity (Wildman–Crippen MR) is 71.4 cm³/mol. The highest BCUT2D eigenvalue weighted by atomic mass is 16.5. The zero-order chi connectivity index (χ0) is 13.7. The van der Waals surface area contributed by atoms with E-state index >= 15 is 0 Å².